The van der Waals surface area contributed by atoms with Crippen LogP contribution >= 0.6 is 0 Å². The number of pyridine rings is 1. The zero-order valence-corrected chi connectivity index (χ0v) is 15.4. The summed E-state index contributed by atoms with van der Waals surface area (Å²) in [7, 11) is 0. The maximum atomic E-state index is 14.0. The molecule has 1 aliphatic carbocycles. The van der Waals surface area contributed by atoms with Gasteiger partial charge in [-0.2, -0.15) is 0 Å². The van der Waals surface area contributed by atoms with Gasteiger partial charge in [-0.15, -0.1) is 0 Å². The van der Waals surface area contributed by atoms with Crippen LogP contribution < -0.4 is 4.90 Å². The number of halogens is 1. The van der Waals surface area contributed by atoms with Crippen LogP contribution in [0.3, 0.4) is 0 Å². The summed E-state index contributed by atoms with van der Waals surface area (Å²) in [4.78, 5) is 23.1. The standard InChI is InChI=1S/C21H25FN4O/c22-19-3-1-2-4-20(19)24-11-13-25(14-12-24)21(27)16-26(18-5-6-18)15-17-7-9-23-10-8-17/h1-4,7-10,18H,5-6,11-16H2. The zero-order chi connectivity index (χ0) is 18.6. The highest BCUT2D eigenvalue weighted by atomic mass is 19.1. The number of carbonyl (C=O) groups excluding carboxylic acids is 1. The van der Waals surface area contributed by atoms with Crippen molar-refractivity contribution < 1.29 is 9.18 Å². The highest BCUT2D eigenvalue weighted by Gasteiger charge is 2.32. The molecule has 0 radical (unpaired) electrons. The predicted octanol–water partition coefficient (Wildman–Crippen LogP) is 2.53. The molecule has 4 rings (SSSR count). The number of rotatable bonds is 6. The second kappa shape index (κ2) is 8.05. The number of carbonyl (C=O) groups is 1. The van der Waals surface area contributed by atoms with E-state index >= 15 is 0 Å². The van der Waals surface area contributed by atoms with Crippen molar-refractivity contribution in [1.82, 2.24) is 14.8 Å². The van der Waals surface area contributed by atoms with Gasteiger partial charge in [-0.1, -0.05) is 12.1 Å². The van der Waals surface area contributed by atoms with Crippen molar-refractivity contribution in [3.8, 4) is 0 Å². The van der Waals surface area contributed by atoms with Gasteiger partial charge in [0.15, 0.2) is 0 Å². The van der Waals surface area contributed by atoms with Gasteiger partial charge in [0.1, 0.15) is 5.82 Å². The van der Waals surface area contributed by atoms with E-state index in [0.29, 0.717) is 44.5 Å². The van der Waals surface area contributed by atoms with Gasteiger partial charge in [0.2, 0.25) is 5.91 Å². The van der Waals surface area contributed by atoms with Crippen LogP contribution in [0.25, 0.3) is 0 Å². The SMILES string of the molecule is O=C(CN(Cc1ccncc1)C1CC1)N1CCN(c2ccccc2F)CC1. The molecular formula is C21H25FN4O. The van der Waals surface area contributed by atoms with E-state index in [4.69, 9.17) is 0 Å². The van der Waals surface area contributed by atoms with Crippen molar-refractivity contribution in [1.29, 1.82) is 0 Å². The minimum atomic E-state index is -0.200. The van der Waals surface area contributed by atoms with Crippen LogP contribution in [-0.4, -0.2) is 59.5 Å². The quantitative estimate of drug-likeness (QED) is 0.786. The first-order valence-corrected chi connectivity index (χ1v) is 9.61. The molecule has 142 valence electrons. The average Bonchev–Trinajstić information content (AvgIpc) is 3.54. The Kier molecular flexibility index (Phi) is 5.34. The molecule has 1 aliphatic heterocycles. The molecule has 1 aromatic carbocycles. The summed E-state index contributed by atoms with van der Waals surface area (Å²) >= 11 is 0. The summed E-state index contributed by atoms with van der Waals surface area (Å²) in [5.41, 5.74) is 1.82. The first kappa shape index (κ1) is 17.9. The second-order valence-corrected chi connectivity index (χ2v) is 7.31. The molecule has 27 heavy (non-hydrogen) atoms. The number of aromatic nitrogens is 1. The molecular weight excluding hydrogens is 343 g/mol. The molecule has 0 unspecified atom stereocenters. The lowest BCUT2D eigenvalue weighted by Crippen LogP contribution is -2.51. The number of anilines is 1. The Balaban J connectivity index is 1.33. The van der Waals surface area contributed by atoms with E-state index in [0.717, 1.165) is 6.54 Å². The number of amides is 1. The third kappa shape index (κ3) is 4.45. The van der Waals surface area contributed by atoms with Crippen LogP contribution in [0.4, 0.5) is 10.1 Å². The molecule has 1 amide bonds. The van der Waals surface area contributed by atoms with E-state index in [-0.39, 0.29) is 11.7 Å². The fourth-order valence-electron chi connectivity index (χ4n) is 3.66. The molecule has 1 saturated carbocycles. The van der Waals surface area contributed by atoms with Crippen molar-refractivity contribution in [3.05, 3.63) is 60.2 Å². The second-order valence-electron chi connectivity index (χ2n) is 7.31. The summed E-state index contributed by atoms with van der Waals surface area (Å²) in [5.74, 6) is -0.0290. The van der Waals surface area contributed by atoms with Gasteiger partial charge in [0.05, 0.1) is 12.2 Å². The van der Waals surface area contributed by atoms with E-state index in [1.807, 2.05) is 28.0 Å². The Hall–Kier alpha value is -2.47. The lowest BCUT2D eigenvalue weighted by molar-refractivity contribution is -0.133. The largest absolute Gasteiger partial charge is 0.366 e. The number of para-hydroxylation sites is 1. The lowest BCUT2D eigenvalue weighted by atomic mass is 10.2. The first-order valence-electron chi connectivity index (χ1n) is 9.61. The van der Waals surface area contributed by atoms with Crippen molar-refractivity contribution in [2.75, 3.05) is 37.6 Å². The fraction of sp³-hybridized carbons (Fsp3) is 0.429. The summed E-state index contributed by atoms with van der Waals surface area (Å²) < 4.78 is 14.0. The van der Waals surface area contributed by atoms with Crippen LogP contribution in [0.1, 0.15) is 18.4 Å². The number of benzene rings is 1. The van der Waals surface area contributed by atoms with Crippen molar-refractivity contribution in [2.45, 2.75) is 25.4 Å². The van der Waals surface area contributed by atoms with Crippen LogP contribution in [-0.2, 0) is 11.3 Å². The molecule has 0 spiro atoms. The summed E-state index contributed by atoms with van der Waals surface area (Å²) in [5, 5.41) is 0. The van der Waals surface area contributed by atoms with Crippen molar-refractivity contribution in [2.24, 2.45) is 0 Å². The zero-order valence-electron chi connectivity index (χ0n) is 15.4. The third-order valence-corrected chi connectivity index (χ3v) is 5.36. The summed E-state index contributed by atoms with van der Waals surface area (Å²) in [6.07, 6.45) is 5.92. The molecule has 1 saturated heterocycles. The molecule has 5 nitrogen and oxygen atoms in total. The molecule has 2 fully saturated rings. The Bertz CT molecular complexity index is 773. The Morgan fingerprint density at radius 3 is 2.44 bits per heavy atom. The highest BCUT2D eigenvalue weighted by Crippen LogP contribution is 2.28. The van der Waals surface area contributed by atoms with Crippen LogP contribution in [0.15, 0.2) is 48.8 Å². The van der Waals surface area contributed by atoms with E-state index in [9.17, 15) is 9.18 Å². The van der Waals surface area contributed by atoms with E-state index in [2.05, 4.69) is 9.88 Å². The van der Waals surface area contributed by atoms with Gasteiger partial charge in [0, 0.05) is 51.2 Å². The number of hydrogen-bond acceptors (Lipinski definition) is 4. The average molecular weight is 368 g/mol. The van der Waals surface area contributed by atoms with Gasteiger partial charge >= 0.3 is 0 Å². The molecule has 2 aliphatic rings. The van der Waals surface area contributed by atoms with Crippen LogP contribution in [0, 0.1) is 5.82 Å². The van der Waals surface area contributed by atoms with Gasteiger partial charge in [-0.05, 0) is 42.7 Å². The maximum absolute atomic E-state index is 14.0. The molecule has 2 heterocycles. The van der Waals surface area contributed by atoms with Gasteiger partial charge in [-0.3, -0.25) is 14.7 Å². The topological polar surface area (TPSA) is 39.7 Å². The minimum Gasteiger partial charge on any atom is -0.366 e. The van der Waals surface area contributed by atoms with E-state index < -0.39 is 0 Å². The fourth-order valence-corrected chi connectivity index (χ4v) is 3.66. The molecule has 0 N–H and O–H groups in total. The Morgan fingerprint density at radius 1 is 1.07 bits per heavy atom. The van der Waals surface area contributed by atoms with Gasteiger partial charge < -0.3 is 9.80 Å². The number of hydrogen-bond donors (Lipinski definition) is 0. The normalized spacial score (nSPS) is 17.4. The first-order chi connectivity index (χ1) is 13.2. The highest BCUT2D eigenvalue weighted by molar-refractivity contribution is 5.78. The molecule has 0 atom stereocenters. The lowest BCUT2D eigenvalue weighted by Gasteiger charge is -2.37. The van der Waals surface area contributed by atoms with Crippen molar-refractivity contribution >= 4 is 11.6 Å². The molecule has 2 aromatic rings. The number of nitrogens with zero attached hydrogens (tertiary/aromatic N) is 4. The van der Waals surface area contributed by atoms with Crippen LogP contribution in [0.2, 0.25) is 0 Å². The van der Waals surface area contributed by atoms with E-state index in [1.54, 1.807) is 24.5 Å². The Morgan fingerprint density at radius 2 is 1.78 bits per heavy atom. The minimum absolute atomic E-state index is 0.170. The van der Waals surface area contributed by atoms with E-state index in [1.165, 1.54) is 24.5 Å². The predicted molar refractivity (Wildman–Crippen MR) is 103 cm³/mol. The van der Waals surface area contributed by atoms with Gasteiger partial charge in [-0.25, -0.2) is 4.39 Å². The summed E-state index contributed by atoms with van der Waals surface area (Å²) in [6, 6.07) is 11.4. The monoisotopic (exact) mass is 368 g/mol. The van der Waals surface area contributed by atoms with Crippen LogP contribution in [0.5, 0.6) is 0 Å². The number of piperazine rings is 1. The van der Waals surface area contributed by atoms with Crippen molar-refractivity contribution in [3.63, 3.8) is 0 Å². The molecule has 0 bridgehead atoms. The smallest absolute Gasteiger partial charge is 0.236 e. The molecule has 6 heteroatoms. The summed E-state index contributed by atoms with van der Waals surface area (Å²) in [6.45, 7) is 3.85. The maximum Gasteiger partial charge on any atom is 0.236 e. The van der Waals surface area contributed by atoms with Gasteiger partial charge in [0.25, 0.3) is 0 Å². The third-order valence-electron chi connectivity index (χ3n) is 5.36. The Labute approximate surface area is 159 Å². The molecule has 1 aromatic heterocycles.